The van der Waals surface area contributed by atoms with Gasteiger partial charge in [0.05, 0.1) is 6.54 Å². The van der Waals surface area contributed by atoms with Gasteiger partial charge in [-0.15, -0.1) is 10.2 Å². The molecule has 0 radical (unpaired) electrons. The van der Waals surface area contributed by atoms with Crippen LogP contribution in [0.3, 0.4) is 0 Å². The highest BCUT2D eigenvalue weighted by molar-refractivity contribution is 7.99. The van der Waals surface area contributed by atoms with Crippen molar-refractivity contribution < 1.29 is 9.21 Å². The second-order valence-corrected chi connectivity index (χ2v) is 8.81. The maximum Gasteiger partial charge on any atom is 0.223 e. The van der Waals surface area contributed by atoms with Gasteiger partial charge in [0.1, 0.15) is 16.5 Å². The Morgan fingerprint density at radius 2 is 1.90 bits per heavy atom. The number of anilines is 1. The zero-order chi connectivity index (χ0) is 20.9. The smallest absolute Gasteiger partial charge is 0.223 e. The Kier molecular flexibility index (Phi) is 6.59. The Hall–Kier alpha value is -2.51. The third-order valence-corrected chi connectivity index (χ3v) is 6.27. The molecule has 4 rings (SSSR count). The molecular weight excluding hydrogens is 420 g/mol. The number of halogens is 1. The number of hydrogen-bond acceptors (Lipinski definition) is 6. The predicted octanol–water partition coefficient (Wildman–Crippen LogP) is 4.72. The summed E-state index contributed by atoms with van der Waals surface area (Å²) in [5.41, 5.74) is 0. The fourth-order valence-electron chi connectivity index (χ4n) is 3.43. The quantitative estimate of drug-likeness (QED) is 0.595. The first-order valence-electron chi connectivity index (χ1n) is 9.92. The molecule has 0 bridgehead atoms. The molecule has 1 N–H and O–H groups in total. The molecule has 156 valence electrons. The van der Waals surface area contributed by atoms with E-state index in [1.807, 2.05) is 55.5 Å². The second-order valence-electron chi connectivity index (χ2n) is 7.28. The van der Waals surface area contributed by atoms with Gasteiger partial charge in [0.2, 0.25) is 5.91 Å². The number of carbonyl (C=O) groups excluding carboxylic acids is 1. The van der Waals surface area contributed by atoms with Crippen LogP contribution in [0.4, 0.5) is 5.82 Å². The summed E-state index contributed by atoms with van der Waals surface area (Å²) in [5, 5.41) is 13.3. The minimum atomic E-state index is 0.0185. The molecule has 0 atom stereocenters. The summed E-state index contributed by atoms with van der Waals surface area (Å²) in [6.07, 6.45) is 1.60. The summed E-state index contributed by atoms with van der Waals surface area (Å²) in [5.74, 6) is 2.59. The molecule has 8 heteroatoms. The van der Waals surface area contributed by atoms with E-state index in [-0.39, 0.29) is 11.8 Å². The number of nitrogens with zero attached hydrogens (tertiary/aromatic N) is 3. The van der Waals surface area contributed by atoms with Crippen molar-refractivity contribution in [3.05, 3.63) is 65.1 Å². The number of aromatic nitrogens is 2. The Morgan fingerprint density at radius 3 is 2.53 bits per heavy atom. The highest BCUT2D eigenvalue weighted by atomic mass is 35.5. The molecule has 1 fully saturated rings. The Morgan fingerprint density at radius 1 is 1.13 bits per heavy atom. The van der Waals surface area contributed by atoms with Crippen molar-refractivity contribution in [3.8, 4) is 0 Å². The van der Waals surface area contributed by atoms with Gasteiger partial charge in [-0.2, -0.15) is 0 Å². The van der Waals surface area contributed by atoms with Gasteiger partial charge in [0, 0.05) is 28.9 Å². The number of rotatable bonds is 6. The molecule has 3 aromatic rings. The molecule has 1 aliphatic rings. The summed E-state index contributed by atoms with van der Waals surface area (Å²) < 4.78 is 5.50. The van der Waals surface area contributed by atoms with Gasteiger partial charge in [0.25, 0.3) is 0 Å². The predicted molar refractivity (Wildman–Crippen MR) is 118 cm³/mol. The first-order valence-corrected chi connectivity index (χ1v) is 11.1. The number of benzene rings is 1. The molecule has 1 aliphatic heterocycles. The Bertz CT molecular complexity index is 983. The number of nitrogens with one attached hydrogen (secondary N) is 1. The molecule has 6 nitrogen and oxygen atoms in total. The molecule has 2 aromatic heterocycles. The lowest BCUT2D eigenvalue weighted by Gasteiger charge is -2.31. The lowest BCUT2D eigenvalue weighted by Crippen LogP contribution is -2.40. The number of amides is 1. The monoisotopic (exact) mass is 442 g/mol. The normalized spacial score (nSPS) is 14.7. The van der Waals surface area contributed by atoms with Gasteiger partial charge < -0.3 is 14.6 Å². The van der Waals surface area contributed by atoms with E-state index >= 15 is 0 Å². The van der Waals surface area contributed by atoms with Gasteiger partial charge in [-0.3, -0.25) is 4.79 Å². The molecule has 30 heavy (non-hydrogen) atoms. The number of carbonyl (C=O) groups is 1. The largest absolute Gasteiger partial charge is 0.465 e. The first kappa shape index (κ1) is 20.8. The summed E-state index contributed by atoms with van der Waals surface area (Å²) in [4.78, 5) is 15.7. The highest BCUT2D eigenvalue weighted by Crippen LogP contribution is 2.28. The maximum atomic E-state index is 12.5. The summed E-state index contributed by atoms with van der Waals surface area (Å²) in [6.45, 7) is 3.91. The molecule has 0 unspecified atom stereocenters. The number of furan rings is 1. The zero-order valence-electron chi connectivity index (χ0n) is 16.7. The van der Waals surface area contributed by atoms with Crippen LogP contribution in [0, 0.1) is 12.8 Å². The summed E-state index contributed by atoms with van der Waals surface area (Å²) in [6, 6.07) is 15.4. The van der Waals surface area contributed by atoms with Gasteiger partial charge in [0.15, 0.2) is 5.82 Å². The highest BCUT2D eigenvalue weighted by Gasteiger charge is 2.25. The first-order chi connectivity index (χ1) is 14.6. The van der Waals surface area contributed by atoms with Crippen LogP contribution in [-0.2, 0) is 11.3 Å². The number of piperidine rings is 1. The fraction of sp³-hybridized carbons (Fsp3) is 0.318. The molecule has 0 saturated carbocycles. The zero-order valence-corrected chi connectivity index (χ0v) is 18.2. The Labute approximate surface area is 185 Å². The van der Waals surface area contributed by atoms with Crippen molar-refractivity contribution in [3.63, 3.8) is 0 Å². The van der Waals surface area contributed by atoms with E-state index in [0.717, 1.165) is 53.2 Å². The van der Waals surface area contributed by atoms with Crippen molar-refractivity contribution in [1.82, 2.24) is 15.5 Å². The van der Waals surface area contributed by atoms with Crippen LogP contribution in [0.2, 0.25) is 5.02 Å². The third kappa shape index (κ3) is 5.34. The van der Waals surface area contributed by atoms with Crippen LogP contribution in [0.1, 0.15) is 24.4 Å². The van der Waals surface area contributed by atoms with Crippen LogP contribution in [0.25, 0.3) is 0 Å². The molecule has 0 aliphatic carbocycles. The third-order valence-electron chi connectivity index (χ3n) is 5.08. The molecule has 1 saturated heterocycles. The van der Waals surface area contributed by atoms with Gasteiger partial charge >= 0.3 is 0 Å². The summed E-state index contributed by atoms with van der Waals surface area (Å²) in [7, 11) is 0. The van der Waals surface area contributed by atoms with Crippen molar-refractivity contribution >= 4 is 35.1 Å². The molecule has 1 aromatic carbocycles. The van der Waals surface area contributed by atoms with Crippen LogP contribution < -0.4 is 10.2 Å². The average Bonchev–Trinajstić information content (AvgIpc) is 3.19. The van der Waals surface area contributed by atoms with Crippen molar-refractivity contribution in [1.29, 1.82) is 0 Å². The van der Waals surface area contributed by atoms with Gasteiger partial charge in [-0.25, -0.2) is 0 Å². The van der Waals surface area contributed by atoms with Crippen LogP contribution in [0.15, 0.2) is 62.9 Å². The molecule has 0 spiro atoms. The van der Waals surface area contributed by atoms with E-state index in [9.17, 15) is 4.79 Å². The Balaban J connectivity index is 1.26. The van der Waals surface area contributed by atoms with Crippen LogP contribution >= 0.6 is 23.4 Å². The maximum absolute atomic E-state index is 12.5. The van der Waals surface area contributed by atoms with Gasteiger partial charge in [-0.05, 0) is 68.3 Å². The van der Waals surface area contributed by atoms with Crippen molar-refractivity contribution in [2.45, 2.75) is 36.2 Å². The SMILES string of the molecule is Cc1ccc(CNC(=O)C2CCN(c3ccc(Sc4ccc(Cl)cc4)nn3)CC2)o1. The van der Waals surface area contributed by atoms with E-state index in [0.29, 0.717) is 11.6 Å². The lowest BCUT2D eigenvalue weighted by atomic mass is 9.96. The second kappa shape index (κ2) is 9.53. The van der Waals surface area contributed by atoms with Crippen molar-refractivity contribution in [2.75, 3.05) is 18.0 Å². The summed E-state index contributed by atoms with van der Waals surface area (Å²) >= 11 is 7.48. The molecular formula is C22H23ClN4O2S. The molecule has 1 amide bonds. The van der Waals surface area contributed by atoms with E-state index in [1.54, 1.807) is 11.8 Å². The van der Waals surface area contributed by atoms with Crippen LogP contribution in [0.5, 0.6) is 0 Å². The van der Waals surface area contributed by atoms with Crippen molar-refractivity contribution in [2.24, 2.45) is 5.92 Å². The van der Waals surface area contributed by atoms with Gasteiger partial charge in [-0.1, -0.05) is 23.4 Å². The number of hydrogen-bond donors (Lipinski definition) is 1. The topological polar surface area (TPSA) is 71.3 Å². The van der Waals surface area contributed by atoms with Crippen LogP contribution in [-0.4, -0.2) is 29.2 Å². The van der Waals surface area contributed by atoms with E-state index in [4.69, 9.17) is 16.0 Å². The average molecular weight is 443 g/mol. The minimum Gasteiger partial charge on any atom is -0.465 e. The fourth-order valence-corrected chi connectivity index (χ4v) is 4.29. The van der Waals surface area contributed by atoms with E-state index < -0.39 is 0 Å². The standard InChI is InChI=1S/C22H23ClN4O2S/c1-15-2-5-18(29-15)14-24-22(28)16-10-12-27(13-11-16)20-8-9-21(26-25-20)30-19-6-3-17(23)4-7-19/h2-9,16H,10-14H2,1H3,(H,24,28). The number of aryl methyl sites for hydroxylation is 1. The minimum absolute atomic E-state index is 0.0185. The van der Waals surface area contributed by atoms with E-state index in [1.165, 1.54) is 0 Å². The molecule has 3 heterocycles. The van der Waals surface area contributed by atoms with E-state index in [2.05, 4.69) is 20.4 Å². The lowest BCUT2D eigenvalue weighted by molar-refractivity contribution is -0.125.